The van der Waals surface area contributed by atoms with Crippen molar-refractivity contribution >= 4 is 0 Å². The summed E-state index contributed by atoms with van der Waals surface area (Å²) in [6, 6.07) is 10.7. The highest BCUT2D eigenvalue weighted by molar-refractivity contribution is 5.18. The molecule has 1 N–H and O–H groups in total. The number of benzene rings is 1. The van der Waals surface area contributed by atoms with Gasteiger partial charge in [-0.1, -0.05) is 37.3 Å². The molecular formula is C16H28N2O. The van der Waals surface area contributed by atoms with Gasteiger partial charge in [-0.15, -0.1) is 0 Å². The molecule has 1 unspecified atom stereocenters. The van der Waals surface area contributed by atoms with Crippen molar-refractivity contribution in [3.63, 3.8) is 0 Å². The molecule has 0 aliphatic heterocycles. The van der Waals surface area contributed by atoms with Gasteiger partial charge in [-0.25, -0.2) is 0 Å². The number of nitrogens with one attached hydrogen (secondary N) is 1. The van der Waals surface area contributed by atoms with Crippen molar-refractivity contribution in [2.45, 2.75) is 19.3 Å². The maximum absolute atomic E-state index is 5.06. The van der Waals surface area contributed by atoms with Crippen LogP contribution in [0.3, 0.4) is 0 Å². The number of hydrogen-bond acceptors (Lipinski definition) is 3. The maximum atomic E-state index is 5.06. The maximum Gasteiger partial charge on any atom is 0.0589 e. The van der Waals surface area contributed by atoms with Gasteiger partial charge >= 0.3 is 0 Å². The molecule has 0 fully saturated rings. The first kappa shape index (κ1) is 16.2. The number of hydrogen-bond donors (Lipinski definition) is 1. The highest BCUT2D eigenvalue weighted by Gasteiger charge is 2.04. The zero-order valence-electron chi connectivity index (χ0n) is 12.6. The average Bonchev–Trinajstić information content (AvgIpc) is 2.45. The number of methoxy groups -OCH3 is 1. The van der Waals surface area contributed by atoms with Crippen molar-refractivity contribution in [1.29, 1.82) is 0 Å². The van der Waals surface area contributed by atoms with Crippen LogP contribution in [0.25, 0.3) is 0 Å². The summed E-state index contributed by atoms with van der Waals surface area (Å²) < 4.78 is 5.06. The third-order valence-electron chi connectivity index (χ3n) is 3.47. The molecule has 0 aromatic heterocycles. The van der Waals surface area contributed by atoms with Crippen molar-refractivity contribution < 1.29 is 4.74 Å². The third-order valence-corrected chi connectivity index (χ3v) is 3.47. The minimum absolute atomic E-state index is 0.625. The van der Waals surface area contributed by atoms with Gasteiger partial charge in [-0.2, -0.15) is 0 Å². The summed E-state index contributed by atoms with van der Waals surface area (Å²) >= 11 is 0. The first-order valence-corrected chi connectivity index (χ1v) is 7.17. The molecule has 3 nitrogen and oxygen atoms in total. The molecule has 0 saturated carbocycles. The van der Waals surface area contributed by atoms with E-state index in [9.17, 15) is 0 Å². The molecule has 1 aromatic carbocycles. The molecule has 3 heteroatoms. The van der Waals surface area contributed by atoms with Gasteiger partial charge < -0.3 is 15.0 Å². The number of rotatable bonds is 10. The summed E-state index contributed by atoms with van der Waals surface area (Å²) in [4.78, 5) is 2.29. The first-order chi connectivity index (χ1) is 9.24. The lowest BCUT2D eigenvalue weighted by molar-refractivity contribution is 0.161. The predicted octanol–water partition coefficient (Wildman–Crippen LogP) is 2.35. The third kappa shape index (κ3) is 7.31. The van der Waals surface area contributed by atoms with Crippen LogP contribution >= 0.6 is 0 Å². The number of nitrogens with zero attached hydrogens (tertiary/aromatic N) is 1. The monoisotopic (exact) mass is 264 g/mol. The topological polar surface area (TPSA) is 24.5 Å². The van der Waals surface area contributed by atoms with E-state index < -0.39 is 0 Å². The van der Waals surface area contributed by atoms with Gasteiger partial charge in [0.15, 0.2) is 0 Å². The van der Waals surface area contributed by atoms with Crippen LogP contribution in [0.15, 0.2) is 30.3 Å². The SMILES string of the molecule is COCCN(C)CCNCCC(C)c1ccccc1. The summed E-state index contributed by atoms with van der Waals surface area (Å²) in [5.41, 5.74) is 1.43. The van der Waals surface area contributed by atoms with Crippen LogP contribution in [-0.2, 0) is 4.74 Å². The minimum Gasteiger partial charge on any atom is -0.383 e. The van der Waals surface area contributed by atoms with Crippen LogP contribution in [-0.4, -0.2) is 51.8 Å². The summed E-state index contributed by atoms with van der Waals surface area (Å²) in [6.07, 6.45) is 1.19. The first-order valence-electron chi connectivity index (χ1n) is 7.17. The van der Waals surface area contributed by atoms with Crippen LogP contribution in [0, 0.1) is 0 Å². The molecule has 0 radical (unpaired) electrons. The molecule has 1 rings (SSSR count). The largest absolute Gasteiger partial charge is 0.383 e. The van der Waals surface area contributed by atoms with E-state index in [1.165, 1.54) is 12.0 Å². The second-order valence-corrected chi connectivity index (χ2v) is 5.15. The van der Waals surface area contributed by atoms with Crippen LogP contribution in [0.5, 0.6) is 0 Å². The zero-order chi connectivity index (χ0) is 13.9. The molecule has 0 bridgehead atoms. The lowest BCUT2D eigenvalue weighted by Crippen LogP contribution is -2.32. The van der Waals surface area contributed by atoms with Crippen LogP contribution < -0.4 is 5.32 Å². The van der Waals surface area contributed by atoms with Gasteiger partial charge in [0.2, 0.25) is 0 Å². The van der Waals surface area contributed by atoms with E-state index >= 15 is 0 Å². The van der Waals surface area contributed by atoms with Crippen molar-refractivity contribution in [3.05, 3.63) is 35.9 Å². The zero-order valence-corrected chi connectivity index (χ0v) is 12.6. The van der Waals surface area contributed by atoms with E-state index in [4.69, 9.17) is 4.74 Å². The molecular weight excluding hydrogens is 236 g/mol. The van der Waals surface area contributed by atoms with E-state index in [-0.39, 0.29) is 0 Å². The Bertz CT molecular complexity index is 316. The molecule has 0 heterocycles. The smallest absolute Gasteiger partial charge is 0.0589 e. The van der Waals surface area contributed by atoms with Gasteiger partial charge in [0, 0.05) is 26.7 Å². The van der Waals surface area contributed by atoms with E-state index in [1.807, 2.05) is 0 Å². The standard InChI is InChI=1S/C16H28N2O/c1-15(16-7-5-4-6-8-16)9-10-17-11-12-18(2)13-14-19-3/h4-8,15,17H,9-14H2,1-3H3. The molecule has 108 valence electrons. The second kappa shape index (κ2) is 9.96. The Balaban J connectivity index is 2.05. The number of ether oxygens (including phenoxy) is 1. The summed E-state index contributed by atoms with van der Waals surface area (Å²) in [6.45, 7) is 7.29. The van der Waals surface area contributed by atoms with Crippen LogP contribution in [0.1, 0.15) is 24.8 Å². The molecule has 1 atom stereocenters. The normalized spacial score (nSPS) is 12.8. The van der Waals surface area contributed by atoms with Crippen molar-refractivity contribution in [2.24, 2.45) is 0 Å². The average molecular weight is 264 g/mol. The van der Waals surface area contributed by atoms with Gasteiger partial charge in [-0.05, 0) is 31.5 Å². The van der Waals surface area contributed by atoms with Gasteiger partial charge in [-0.3, -0.25) is 0 Å². The van der Waals surface area contributed by atoms with Crippen molar-refractivity contribution in [3.8, 4) is 0 Å². The molecule has 0 aliphatic carbocycles. The fourth-order valence-corrected chi connectivity index (χ4v) is 2.02. The van der Waals surface area contributed by atoms with E-state index in [1.54, 1.807) is 7.11 Å². The van der Waals surface area contributed by atoms with E-state index in [2.05, 4.69) is 54.5 Å². The Labute approximate surface area is 118 Å². The van der Waals surface area contributed by atoms with Gasteiger partial charge in [0.25, 0.3) is 0 Å². The molecule has 0 aliphatic rings. The number of likely N-dealkylation sites (N-methyl/N-ethyl adjacent to an activating group) is 1. The van der Waals surface area contributed by atoms with Gasteiger partial charge in [0.1, 0.15) is 0 Å². The van der Waals surface area contributed by atoms with Crippen LogP contribution in [0.2, 0.25) is 0 Å². The quantitative estimate of drug-likeness (QED) is 0.657. The summed E-state index contributed by atoms with van der Waals surface area (Å²) in [5.74, 6) is 0.625. The van der Waals surface area contributed by atoms with Crippen LogP contribution in [0.4, 0.5) is 0 Å². The highest BCUT2D eigenvalue weighted by atomic mass is 16.5. The molecule has 0 saturated heterocycles. The van der Waals surface area contributed by atoms with Crippen molar-refractivity contribution in [2.75, 3.05) is 46.9 Å². The summed E-state index contributed by atoms with van der Waals surface area (Å²) in [7, 11) is 3.88. The fraction of sp³-hybridized carbons (Fsp3) is 0.625. The lowest BCUT2D eigenvalue weighted by Gasteiger charge is -2.17. The Morgan fingerprint density at radius 2 is 1.89 bits per heavy atom. The molecule has 0 amide bonds. The Hall–Kier alpha value is -0.900. The summed E-state index contributed by atoms with van der Waals surface area (Å²) in [5, 5.41) is 3.51. The fourth-order valence-electron chi connectivity index (χ4n) is 2.02. The Morgan fingerprint density at radius 3 is 2.58 bits per heavy atom. The molecule has 19 heavy (non-hydrogen) atoms. The Morgan fingerprint density at radius 1 is 1.16 bits per heavy atom. The van der Waals surface area contributed by atoms with Gasteiger partial charge in [0.05, 0.1) is 6.61 Å². The molecule has 0 spiro atoms. The second-order valence-electron chi connectivity index (χ2n) is 5.15. The Kier molecular flexibility index (Phi) is 8.47. The lowest BCUT2D eigenvalue weighted by atomic mass is 9.98. The highest BCUT2D eigenvalue weighted by Crippen LogP contribution is 2.17. The molecule has 1 aromatic rings. The minimum atomic E-state index is 0.625. The van der Waals surface area contributed by atoms with E-state index in [0.717, 1.165) is 32.8 Å². The van der Waals surface area contributed by atoms with Crippen molar-refractivity contribution in [1.82, 2.24) is 10.2 Å². The predicted molar refractivity (Wildman–Crippen MR) is 81.7 cm³/mol. The van der Waals surface area contributed by atoms with E-state index in [0.29, 0.717) is 5.92 Å².